The molecule has 0 radical (unpaired) electrons. The van der Waals surface area contributed by atoms with Crippen LogP contribution in [0.15, 0.2) is 12.1 Å². The van der Waals surface area contributed by atoms with Crippen LogP contribution < -0.4 is 16.2 Å². The summed E-state index contributed by atoms with van der Waals surface area (Å²) in [5, 5.41) is 8.65. The highest BCUT2D eigenvalue weighted by Gasteiger charge is 2.10. The van der Waals surface area contributed by atoms with E-state index < -0.39 is 5.97 Å². The van der Waals surface area contributed by atoms with Gasteiger partial charge < -0.3 is 21.3 Å². The van der Waals surface area contributed by atoms with Gasteiger partial charge in [0.25, 0.3) is 0 Å². The van der Waals surface area contributed by atoms with Crippen molar-refractivity contribution in [3.8, 4) is 5.75 Å². The number of methoxy groups -OCH3 is 1. The third-order valence-corrected chi connectivity index (χ3v) is 1.60. The van der Waals surface area contributed by atoms with Gasteiger partial charge in [-0.15, -0.1) is 24.8 Å². The van der Waals surface area contributed by atoms with Crippen LogP contribution in [0.5, 0.6) is 5.75 Å². The van der Waals surface area contributed by atoms with E-state index in [2.05, 4.69) is 0 Å². The van der Waals surface area contributed by atoms with Gasteiger partial charge >= 0.3 is 5.97 Å². The van der Waals surface area contributed by atoms with Crippen molar-refractivity contribution in [3.63, 3.8) is 0 Å². The average Bonchev–Trinajstić information content (AvgIpc) is 2.03. The summed E-state index contributed by atoms with van der Waals surface area (Å²) in [6.07, 6.45) is 0. The van der Waals surface area contributed by atoms with Gasteiger partial charge in [-0.25, -0.2) is 4.79 Å². The molecule has 86 valence electrons. The lowest BCUT2D eigenvalue weighted by atomic mass is 10.1. The lowest BCUT2D eigenvalue weighted by Crippen LogP contribution is -2.03. The molecule has 1 aromatic carbocycles. The van der Waals surface area contributed by atoms with Crippen molar-refractivity contribution < 1.29 is 14.6 Å². The van der Waals surface area contributed by atoms with E-state index in [1.54, 1.807) is 0 Å². The fourth-order valence-corrected chi connectivity index (χ4v) is 1.03. The maximum absolute atomic E-state index is 10.6. The van der Waals surface area contributed by atoms with Gasteiger partial charge in [-0.05, 0) is 12.1 Å². The van der Waals surface area contributed by atoms with E-state index >= 15 is 0 Å². The number of carboxylic acids is 1. The highest BCUT2D eigenvalue weighted by Crippen LogP contribution is 2.29. The molecule has 1 rings (SSSR count). The van der Waals surface area contributed by atoms with Gasteiger partial charge in [0.15, 0.2) is 5.75 Å². The number of hydrogen-bond acceptors (Lipinski definition) is 4. The molecule has 0 unspecified atom stereocenters. The molecule has 0 aromatic heterocycles. The molecular formula is C8H12Cl2N2O3. The molecule has 0 amide bonds. The minimum atomic E-state index is -1.07. The predicted octanol–water partition coefficient (Wildman–Crippen LogP) is 1.40. The minimum absolute atomic E-state index is 0. The number of carboxylic acid groups (broad SMARTS) is 1. The first-order valence-electron chi connectivity index (χ1n) is 3.52. The van der Waals surface area contributed by atoms with E-state index in [9.17, 15) is 4.79 Å². The molecule has 7 heteroatoms. The summed E-state index contributed by atoms with van der Waals surface area (Å²) in [5.41, 5.74) is 11.5. The van der Waals surface area contributed by atoms with Gasteiger partial charge in [0.1, 0.15) is 0 Å². The number of nitrogens with two attached hydrogens (primary N) is 2. The van der Waals surface area contributed by atoms with Crippen LogP contribution in [0.3, 0.4) is 0 Å². The van der Waals surface area contributed by atoms with Gasteiger partial charge in [0.05, 0.1) is 24.0 Å². The standard InChI is InChI=1S/C8H10N2O3.2ClH/c1-13-7-5(9)2-4(8(11)12)3-6(7)10;;/h2-3H,9-10H2,1H3,(H,11,12);2*1H. The first-order valence-corrected chi connectivity index (χ1v) is 3.52. The van der Waals surface area contributed by atoms with Crippen molar-refractivity contribution in [1.29, 1.82) is 0 Å². The quantitative estimate of drug-likeness (QED) is 0.694. The molecule has 0 bridgehead atoms. The molecule has 0 aliphatic rings. The first kappa shape index (κ1) is 16.1. The van der Waals surface area contributed by atoms with Crippen molar-refractivity contribution in [2.45, 2.75) is 0 Å². The fourth-order valence-electron chi connectivity index (χ4n) is 1.03. The highest BCUT2D eigenvalue weighted by molar-refractivity contribution is 5.91. The molecule has 0 spiro atoms. The van der Waals surface area contributed by atoms with Gasteiger partial charge in [-0.2, -0.15) is 0 Å². The Kier molecular flexibility index (Phi) is 6.67. The van der Waals surface area contributed by atoms with Crippen LogP contribution >= 0.6 is 24.8 Å². The summed E-state index contributed by atoms with van der Waals surface area (Å²) >= 11 is 0. The second-order valence-corrected chi connectivity index (χ2v) is 2.49. The summed E-state index contributed by atoms with van der Waals surface area (Å²) in [5.74, 6) is -0.758. The molecule has 5 nitrogen and oxygen atoms in total. The maximum atomic E-state index is 10.6. The topological polar surface area (TPSA) is 98.6 Å². The van der Waals surface area contributed by atoms with Gasteiger partial charge in [0, 0.05) is 0 Å². The van der Waals surface area contributed by atoms with E-state index in [0.717, 1.165) is 0 Å². The van der Waals surface area contributed by atoms with Crippen LogP contribution in [0.25, 0.3) is 0 Å². The van der Waals surface area contributed by atoms with Crippen molar-refractivity contribution in [2.24, 2.45) is 0 Å². The van der Waals surface area contributed by atoms with Crippen LogP contribution in [0.4, 0.5) is 11.4 Å². The van der Waals surface area contributed by atoms with Crippen molar-refractivity contribution in [3.05, 3.63) is 17.7 Å². The molecule has 0 aliphatic heterocycles. The Hall–Kier alpha value is -1.33. The monoisotopic (exact) mass is 254 g/mol. The Labute approximate surface area is 99.2 Å². The second kappa shape index (κ2) is 6.21. The van der Waals surface area contributed by atoms with Crippen LogP contribution in [-0.4, -0.2) is 18.2 Å². The number of halogens is 2. The van der Waals surface area contributed by atoms with Gasteiger partial charge in [-0.1, -0.05) is 0 Å². The molecule has 1 aromatic rings. The van der Waals surface area contributed by atoms with E-state index in [-0.39, 0.29) is 41.8 Å². The Morgan fingerprint density at radius 3 is 1.93 bits per heavy atom. The van der Waals surface area contributed by atoms with Crippen molar-refractivity contribution >= 4 is 42.2 Å². The lowest BCUT2D eigenvalue weighted by Gasteiger charge is -2.08. The van der Waals surface area contributed by atoms with Crippen LogP contribution in [0, 0.1) is 0 Å². The number of hydrogen-bond donors (Lipinski definition) is 3. The maximum Gasteiger partial charge on any atom is 0.335 e. The number of carbonyl (C=O) groups is 1. The number of benzene rings is 1. The van der Waals surface area contributed by atoms with Gasteiger partial charge in [0.2, 0.25) is 0 Å². The number of anilines is 2. The molecule has 0 fully saturated rings. The lowest BCUT2D eigenvalue weighted by molar-refractivity contribution is 0.0697. The molecule has 5 N–H and O–H groups in total. The zero-order valence-electron chi connectivity index (χ0n) is 7.89. The van der Waals surface area contributed by atoms with E-state index in [1.165, 1.54) is 19.2 Å². The largest absolute Gasteiger partial charge is 0.492 e. The summed E-state index contributed by atoms with van der Waals surface area (Å²) in [4.78, 5) is 10.6. The normalized spacial score (nSPS) is 8.33. The van der Waals surface area contributed by atoms with E-state index in [4.69, 9.17) is 21.3 Å². The highest BCUT2D eigenvalue weighted by atomic mass is 35.5. The number of aromatic carboxylic acids is 1. The Morgan fingerprint density at radius 2 is 1.67 bits per heavy atom. The Morgan fingerprint density at radius 1 is 1.27 bits per heavy atom. The number of ether oxygens (including phenoxy) is 1. The Balaban J connectivity index is 0. The molecule has 15 heavy (non-hydrogen) atoms. The van der Waals surface area contributed by atoms with Crippen LogP contribution in [0.1, 0.15) is 10.4 Å². The third kappa shape index (κ3) is 3.38. The van der Waals surface area contributed by atoms with Crippen molar-refractivity contribution in [1.82, 2.24) is 0 Å². The molecule has 0 aliphatic carbocycles. The summed E-state index contributed by atoms with van der Waals surface area (Å²) in [6.45, 7) is 0. The molecule has 0 atom stereocenters. The van der Waals surface area contributed by atoms with Gasteiger partial charge in [-0.3, -0.25) is 0 Å². The summed E-state index contributed by atoms with van der Waals surface area (Å²) < 4.78 is 4.87. The first-order chi connectivity index (χ1) is 6.06. The third-order valence-electron chi connectivity index (χ3n) is 1.60. The van der Waals surface area contributed by atoms with Crippen LogP contribution in [0.2, 0.25) is 0 Å². The summed E-state index contributed by atoms with van der Waals surface area (Å²) in [7, 11) is 1.42. The predicted molar refractivity (Wildman–Crippen MR) is 63.3 cm³/mol. The van der Waals surface area contributed by atoms with E-state index in [0.29, 0.717) is 5.75 Å². The van der Waals surface area contributed by atoms with Crippen molar-refractivity contribution in [2.75, 3.05) is 18.6 Å². The number of rotatable bonds is 2. The van der Waals surface area contributed by atoms with Crippen LogP contribution in [-0.2, 0) is 0 Å². The SMILES string of the molecule is COc1c(N)cc(C(=O)O)cc1N.Cl.Cl. The molecule has 0 saturated heterocycles. The fraction of sp³-hybridized carbons (Fsp3) is 0.125. The van der Waals surface area contributed by atoms with E-state index in [1.807, 2.05) is 0 Å². The smallest absolute Gasteiger partial charge is 0.335 e. The molecule has 0 heterocycles. The Bertz CT molecular complexity index is 335. The molecular weight excluding hydrogens is 243 g/mol. The zero-order chi connectivity index (χ0) is 10.0. The molecule has 0 saturated carbocycles. The summed E-state index contributed by atoms with van der Waals surface area (Å²) in [6, 6.07) is 2.61. The minimum Gasteiger partial charge on any atom is -0.492 e. The second-order valence-electron chi connectivity index (χ2n) is 2.49. The number of nitrogen functional groups attached to an aromatic ring is 2. The average molecular weight is 255 g/mol. The zero-order valence-corrected chi connectivity index (χ0v) is 9.52.